The second-order valence-corrected chi connectivity index (χ2v) is 7.08. The lowest BCUT2D eigenvalue weighted by Crippen LogP contribution is -2.41. The van der Waals surface area contributed by atoms with Gasteiger partial charge in [-0.1, -0.05) is 0 Å². The van der Waals surface area contributed by atoms with E-state index < -0.39 is 18.3 Å². The summed E-state index contributed by atoms with van der Waals surface area (Å²) in [4.78, 5) is 4.28. The van der Waals surface area contributed by atoms with E-state index in [1.165, 1.54) is 12.8 Å². The predicted octanol–water partition coefficient (Wildman–Crippen LogP) is 2.04. The Hall–Kier alpha value is -1.58. The largest absolute Gasteiger partial charge is 0.496 e. The Balaban J connectivity index is 1.79. The van der Waals surface area contributed by atoms with Crippen molar-refractivity contribution >= 4 is 12.6 Å². The molecular formula is C16H21BN2O3. The summed E-state index contributed by atoms with van der Waals surface area (Å²) in [5, 5.41) is 9.32. The minimum atomic E-state index is -0.512. The molecule has 5 nitrogen and oxygen atoms in total. The van der Waals surface area contributed by atoms with Crippen LogP contribution in [0.2, 0.25) is 0 Å². The van der Waals surface area contributed by atoms with Gasteiger partial charge in [-0.2, -0.15) is 5.26 Å². The smallest absolute Gasteiger partial charge is 0.476 e. The molecule has 2 aliphatic rings. The van der Waals surface area contributed by atoms with Gasteiger partial charge in [0.25, 0.3) is 0 Å². The van der Waals surface area contributed by atoms with Crippen molar-refractivity contribution in [2.24, 2.45) is 5.92 Å². The topological polar surface area (TPSA) is 64.4 Å². The molecule has 1 aromatic heterocycles. The highest BCUT2D eigenvalue weighted by Gasteiger charge is 2.51. The van der Waals surface area contributed by atoms with Crippen LogP contribution in [0.1, 0.15) is 46.1 Å². The third-order valence-corrected chi connectivity index (χ3v) is 4.67. The Kier molecular flexibility index (Phi) is 3.66. The molecule has 0 unspecified atom stereocenters. The minimum absolute atomic E-state index is 0.398. The Labute approximate surface area is 131 Å². The van der Waals surface area contributed by atoms with Crippen LogP contribution in [-0.4, -0.2) is 29.9 Å². The van der Waals surface area contributed by atoms with Crippen molar-refractivity contribution in [1.29, 1.82) is 5.26 Å². The highest BCUT2D eigenvalue weighted by atomic mass is 16.7. The second-order valence-electron chi connectivity index (χ2n) is 7.08. The summed E-state index contributed by atoms with van der Waals surface area (Å²) >= 11 is 0. The summed E-state index contributed by atoms with van der Waals surface area (Å²) in [7, 11) is -0.512. The van der Waals surface area contributed by atoms with Crippen molar-refractivity contribution in [3.05, 3.63) is 17.8 Å². The SMILES string of the molecule is CC1(C)OB(c2cnc(OCC3CC3)c(C#N)c2)OC1(C)C. The van der Waals surface area contributed by atoms with Crippen LogP contribution in [-0.2, 0) is 9.31 Å². The van der Waals surface area contributed by atoms with Gasteiger partial charge in [0.15, 0.2) is 0 Å². The summed E-state index contributed by atoms with van der Waals surface area (Å²) < 4.78 is 17.6. The van der Waals surface area contributed by atoms with Crippen molar-refractivity contribution in [2.75, 3.05) is 6.61 Å². The van der Waals surface area contributed by atoms with E-state index in [-0.39, 0.29) is 0 Å². The fraction of sp³-hybridized carbons (Fsp3) is 0.625. The molecule has 1 aliphatic carbocycles. The summed E-state index contributed by atoms with van der Waals surface area (Å²) in [6, 6.07) is 3.89. The van der Waals surface area contributed by atoms with Gasteiger partial charge in [0.2, 0.25) is 5.88 Å². The van der Waals surface area contributed by atoms with E-state index >= 15 is 0 Å². The third kappa shape index (κ3) is 2.83. The van der Waals surface area contributed by atoms with Crippen molar-refractivity contribution in [2.45, 2.75) is 51.7 Å². The lowest BCUT2D eigenvalue weighted by atomic mass is 9.80. The minimum Gasteiger partial charge on any atom is -0.476 e. The molecule has 6 heteroatoms. The number of aromatic nitrogens is 1. The number of pyridine rings is 1. The fourth-order valence-corrected chi connectivity index (χ4v) is 2.25. The van der Waals surface area contributed by atoms with E-state index in [1.807, 2.05) is 27.7 Å². The molecule has 0 radical (unpaired) electrons. The van der Waals surface area contributed by atoms with Crippen LogP contribution < -0.4 is 10.2 Å². The van der Waals surface area contributed by atoms with Gasteiger partial charge in [0.05, 0.1) is 17.8 Å². The van der Waals surface area contributed by atoms with Gasteiger partial charge in [0, 0.05) is 11.7 Å². The molecule has 1 aromatic rings. The van der Waals surface area contributed by atoms with Gasteiger partial charge in [-0.3, -0.25) is 0 Å². The third-order valence-electron chi connectivity index (χ3n) is 4.67. The van der Waals surface area contributed by atoms with Crippen LogP contribution in [0.5, 0.6) is 5.88 Å². The summed E-state index contributed by atoms with van der Waals surface area (Å²) in [6.45, 7) is 8.63. The quantitative estimate of drug-likeness (QED) is 0.796. The first-order valence-corrected chi connectivity index (χ1v) is 7.71. The van der Waals surface area contributed by atoms with Gasteiger partial charge in [-0.15, -0.1) is 0 Å². The molecule has 0 aromatic carbocycles. The molecule has 0 atom stereocenters. The molecule has 116 valence electrons. The van der Waals surface area contributed by atoms with Gasteiger partial charge in [-0.25, -0.2) is 4.98 Å². The van der Waals surface area contributed by atoms with Gasteiger partial charge >= 0.3 is 7.12 Å². The van der Waals surface area contributed by atoms with E-state index in [1.54, 1.807) is 12.3 Å². The molecule has 0 N–H and O–H groups in total. The lowest BCUT2D eigenvalue weighted by molar-refractivity contribution is 0.00578. The van der Waals surface area contributed by atoms with Crippen LogP contribution in [0.15, 0.2) is 12.3 Å². The first-order valence-electron chi connectivity index (χ1n) is 7.71. The highest BCUT2D eigenvalue weighted by Crippen LogP contribution is 2.36. The van der Waals surface area contributed by atoms with E-state index in [2.05, 4.69) is 11.1 Å². The van der Waals surface area contributed by atoms with Gasteiger partial charge in [-0.05, 0) is 52.5 Å². The molecule has 3 rings (SSSR count). The molecule has 1 aliphatic heterocycles. The maximum Gasteiger partial charge on any atom is 0.496 e. The number of ether oxygens (including phenoxy) is 1. The molecule has 2 heterocycles. The zero-order valence-corrected chi connectivity index (χ0v) is 13.5. The first kappa shape index (κ1) is 15.3. The molecule has 1 saturated carbocycles. The van der Waals surface area contributed by atoms with Crippen LogP contribution in [0, 0.1) is 17.2 Å². The molecule has 0 spiro atoms. The average molecular weight is 300 g/mol. The van der Waals surface area contributed by atoms with E-state index in [4.69, 9.17) is 14.0 Å². The Bertz CT molecular complexity index is 604. The van der Waals surface area contributed by atoms with E-state index in [9.17, 15) is 5.26 Å². The number of nitriles is 1. The molecule has 0 bridgehead atoms. The maximum atomic E-state index is 9.32. The number of hydrogen-bond donors (Lipinski definition) is 0. The average Bonchev–Trinajstić information content (AvgIpc) is 3.24. The van der Waals surface area contributed by atoms with Crippen molar-refractivity contribution in [1.82, 2.24) is 4.98 Å². The van der Waals surface area contributed by atoms with E-state index in [0.29, 0.717) is 24.0 Å². The van der Waals surface area contributed by atoms with Gasteiger partial charge < -0.3 is 14.0 Å². The molecule has 0 amide bonds. The Morgan fingerprint density at radius 3 is 2.50 bits per heavy atom. The molecule has 2 fully saturated rings. The summed E-state index contributed by atoms with van der Waals surface area (Å²) in [5.41, 5.74) is 0.346. The van der Waals surface area contributed by atoms with Crippen LogP contribution in [0.4, 0.5) is 0 Å². The second kappa shape index (κ2) is 5.25. The summed E-state index contributed by atoms with van der Waals surface area (Å²) in [5.74, 6) is 1.02. The Morgan fingerprint density at radius 2 is 1.95 bits per heavy atom. The van der Waals surface area contributed by atoms with E-state index in [0.717, 1.165) is 5.46 Å². The van der Waals surface area contributed by atoms with Gasteiger partial charge in [0.1, 0.15) is 11.6 Å². The van der Waals surface area contributed by atoms with Crippen LogP contribution in [0.25, 0.3) is 0 Å². The van der Waals surface area contributed by atoms with Crippen molar-refractivity contribution in [3.8, 4) is 11.9 Å². The molecular weight excluding hydrogens is 279 g/mol. The summed E-state index contributed by atoms with van der Waals surface area (Å²) in [6.07, 6.45) is 4.08. The predicted molar refractivity (Wildman–Crippen MR) is 82.9 cm³/mol. The number of rotatable bonds is 4. The molecule has 22 heavy (non-hydrogen) atoms. The first-order chi connectivity index (χ1) is 10.3. The van der Waals surface area contributed by atoms with Crippen LogP contribution >= 0.6 is 0 Å². The van der Waals surface area contributed by atoms with Crippen molar-refractivity contribution in [3.63, 3.8) is 0 Å². The standard InChI is InChI=1S/C16H21BN2O3/c1-15(2)16(3,4)22-17(21-15)13-7-12(8-18)14(19-9-13)20-10-11-5-6-11/h7,9,11H,5-6,10H2,1-4H3. The number of hydrogen-bond acceptors (Lipinski definition) is 5. The monoisotopic (exact) mass is 300 g/mol. The molecule has 1 saturated heterocycles. The van der Waals surface area contributed by atoms with Crippen molar-refractivity contribution < 1.29 is 14.0 Å². The fourth-order valence-electron chi connectivity index (χ4n) is 2.25. The Morgan fingerprint density at radius 1 is 1.32 bits per heavy atom. The highest BCUT2D eigenvalue weighted by molar-refractivity contribution is 6.62. The zero-order chi connectivity index (χ0) is 16.0. The normalized spacial score (nSPS) is 22.4. The lowest BCUT2D eigenvalue weighted by Gasteiger charge is -2.32. The maximum absolute atomic E-state index is 9.32. The van der Waals surface area contributed by atoms with Crippen LogP contribution in [0.3, 0.4) is 0 Å². The zero-order valence-electron chi connectivity index (χ0n) is 13.5. The number of nitrogens with zero attached hydrogens (tertiary/aromatic N) is 2.